The van der Waals surface area contributed by atoms with E-state index in [1.54, 1.807) is 12.4 Å². The van der Waals surface area contributed by atoms with Gasteiger partial charge in [0.1, 0.15) is 0 Å². The average molecular weight is 305 g/mol. The molecule has 2 heterocycles. The number of nitrogens with zero attached hydrogens (tertiary/aromatic N) is 3. The molecule has 4 nitrogen and oxygen atoms in total. The molecule has 0 atom stereocenters. The molecule has 3 rings (SSSR count). The number of anilines is 2. The summed E-state index contributed by atoms with van der Waals surface area (Å²) < 4.78 is 0.896. The van der Waals surface area contributed by atoms with E-state index in [0.717, 1.165) is 35.6 Å². The lowest BCUT2D eigenvalue weighted by Crippen LogP contribution is -2.31. The molecule has 1 aliphatic heterocycles. The Hall–Kier alpha value is -1.62. The van der Waals surface area contributed by atoms with Crippen LogP contribution in [0.15, 0.2) is 35.1 Å². The molecule has 0 saturated carbocycles. The Balaban J connectivity index is 1.88. The molecule has 2 N–H and O–H groups in total. The van der Waals surface area contributed by atoms with Gasteiger partial charge in [-0.3, -0.25) is 0 Å². The fourth-order valence-corrected chi connectivity index (χ4v) is 2.42. The van der Waals surface area contributed by atoms with Crippen molar-refractivity contribution in [2.75, 3.05) is 17.2 Å². The smallest absolute Gasteiger partial charge is 0.225 e. The van der Waals surface area contributed by atoms with Crippen LogP contribution in [0.2, 0.25) is 0 Å². The van der Waals surface area contributed by atoms with Gasteiger partial charge >= 0.3 is 0 Å². The summed E-state index contributed by atoms with van der Waals surface area (Å²) in [6.45, 7) is 1.76. The van der Waals surface area contributed by atoms with E-state index in [2.05, 4.69) is 36.9 Å². The van der Waals surface area contributed by atoms with Crippen molar-refractivity contribution in [3.8, 4) is 0 Å². The maximum atomic E-state index is 5.83. The Morgan fingerprint density at radius 2 is 1.94 bits per heavy atom. The van der Waals surface area contributed by atoms with Crippen LogP contribution < -0.4 is 10.6 Å². The second kappa shape index (κ2) is 4.57. The van der Waals surface area contributed by atoms with Crippen molar-refractivity contribution >= 4 is 27.6 Å². The normalized spacial score (nSPS) is 14.4. The zero-order valence-corrected chi connectivity index (χ0v) is 11.4. The molecule has 92 valence electrons. The monoisotopic (exact) mass is 304 g/mol. The Morgan fingerprint density at radius 1 is 1.17 bits per heavy atom. The van der Waals surface area contributed by atoms with E-state index in [9.17, 15) is 0 Å². The predicted molar refractivity (Wildman–Crippen MR) is 75.3 cm³/mol. The van der Waals surface area contributed by atoms with Gasteiger partial charge in [0.05, 0.1) is 4.47 Å². The van der Waals surface area contributed by atoms with Crippen LogP contribution in [0.25, 0.3) is 0 Å². The highest BCUT2D eigenvalue weighted by molar-refractivity contribution is 9.10. The highest BCUT2D eigenvalue weighted by Gasteiger charge is 2.18. The first-order chi connectivity index (χ1) is 8.72. The summed E-state index contributed by atoms with van der Waals surface area (Å²) >= 11 is 3.34. The molecular weight excluding hydrogens is 292 g/mol. The van der Waals surface area contributed by atoms with Gasteiger partial charge in [0.25, 0.3) is 0 Å². The number of nitrogen functional groups attached to an aromatic ring is 1. The van der Waals surface area contributed by atoms with Crippen molar-refractivity contribution < 1.29 is 0 Å². The van der Waals surface area contributed by atoms with Crippen molar-refractivity contribution in [3.05, 3.63) is 46.2 Å². The van der Waals surface area contributed by atoms with Crippen LogP contribution in [0.5, 0.6) is 0 Å². The van der Waals surface area contributed by atoms with Gasteiger partial charge in [0.15, 0.2) is 0 Å². The molecule has 0 amide bonds. The average Bonchev–Trinajstić information content (AvgIpc) is 2.38. The van der Waals surface area contributed by atoms with Crippen molar-refractivity contribution in [3.63, 3.8) is 0 Å². The first-order valence-corrected chi connectivity index (χ1v) is 6.61. The van der Waals surface area contributed by atoms with Gasteiger partial charge < -0.3 is 10.6 Å². The Morgan fingerprint density at radius 3 is 2.72 bits per heavy atom. The van der Waals surface area contributed by atoms with Gasteiger partial charge in [0, 0.05) is 31.2 Å². The zero-order valence-electron chi connectivity index (χ0n) is 9.81. The SMILES string of the molecule is Nc1ccc2c(c1)CN(c1ncc(Br)cn1)CC2. The number of hydrogen-bond donors (Lipinski definition) is 1. The zero-order chi connectivity index (χ0) is 12.5. The molecule has 1 aromatic heterocycles. The fraction of sp³-hybridized carbons (Fsp3) is 0.231. The van der Waals surface area contributed by atoms with Crippen LogP contribution >= 0.6 is 15.9 Å². The van der Waals surface area contributed by atoms with Crippen molar-refractivity contribution in [2.24, 2.45) is 0 Å². The number of benzene rings is 1. The summed E-state index contributed by atoms with van der Waals surface area (Å²) in [5, 5.41) is 0. The molecule has 0 bridgehead atoms. The molecule has 0 radical (unpaired) electrons. The third-order valence-electron chi connectivity index (χ3n) is 3.13. The number of hydrogen-bond acceptors (Lipinski definition) is 4. The Bertz CT molecular complexity index is 568. The number of nitrogens with two attached hydrogens (primary N) is 1. The van der Waals surface area contributed by atoms with Gasteiger partial charge in [-0.2, -0.15) is 0 Å². The highest BCUT2D eigenvalue weighted by atomic mass is 79.9. The van der Waals surface area contributed by atoms with Gasteiger partial charge in [-0.15, -0.1) is 0 Å². The lowest BCUT2D eigenvalue weighted by Gasteiger charge is -2.28. The van der Waals surface area contributed by atoms with E-state index in [4.69, 9.17) is 5.73 Å². The molecular formula is C13H13BrN4. The first-order valence-electron chi connectivity index (χ1n) is 5.82. The van der Waals surface area contributed by atoms with Crippen LogP contribution in [-0.2, 0) is 13.0 Å². The van der Waals surface area contributed by atoms with E-state index in [0.29, 0.717) is 0 Å². The topological polar surface area (TPSA) is 55.0 Å². The van der Waals surface area contributed by atoms with Crippen molar-refractivity contribution in [1.29, 1.82) is 0 Å². The second-order valence-electron chi connectivity index (χ2n) is 4.40. The highest BCUT2D eigenvalue weighted by Crippen LogP contribution is 2.24. The van der Waals surface area contributed by atoms with Gasteiger partial charge in [0.2, 0.25) is 5.95 Å². The summed E-state index contributed by atoms with van der Waals surface area (Å²) in [4.78, 5) is 10.8. The van der Waals surface area contributed by atoms with Crippen LogP contribution in [0.1, 0.15) is 11.1 Å². The van der Waals surface area contributed by atoms with Gasteiger partial charge in [-0.25, -0.2) is 9.97 Å². The molecule has 18 heavy (non-hydrogen) atoms. The van der Waals surface area contributed by atoms with E-state index >= 15 is 0 Å². The summed E-state index contributed by atoms with van der Waals surface area (Å²) in [5.74, 6) is 0.770. The largest absolute Gasteiger partial charge is 0.399 e. The minimum Gasteiger partial charge on any atom is -0.399 e. The summed E-state index contributed by atoms with van der Waals surface area (Å²) in [5.41, 5.74) is 9.29. The fourth-order valence-electron chi connectivity index (χ4n) is 2.22. The molecule has 0 aliphatic carbocycles. The lowest BCUT2D eigenvalue weighted by molar-refractivity contribution is 0.707. The number of fused-ring (bicyclic) bond motifs is 1. The van der Waals surface area contributed by atoms with Crippen LogP contribution in [0.4, 0.5) is 11.6 Å². The summed E-state index contributed by atoms with van der Waals surface area (Å²) in [7, 11) is 0. The molecule has 1 aromatic carbocycles. The van der Waals surface area contributed by atoms with Crippen LogP contribution in [0.3, 0.4) is 0 Å². The molecule has 0 saturated heterocycles. The van der Waals surface area contributed by atoms with E-state index < -0.39 is 0 Å². The quantitative estimate of drug-likeness (QED) is 0.822. The van der Waals surface area contributed by atoms with Gasteiger partial charge in [-0.05, 0) is 45.6 Å². The summed E-state index contributed by atoms with van der Waals surface area (Å²) in [6, 6.07) is 6.12. The number of halogens is 1. The Labute approximate surface area is 114 Å². The first kappa shape index (κ1) is 11.5. The van der Waals surface area contributed by atoms with Crippen molar-refractivity contribution in [2.45, 2.75) is 13.0 Å². The standard InChI is InChI=1S/C13H13BrN4/c14-11-6-16-13(17-7-11)18-4-3-9-1-2-12(15)5-10(9)8-18/h1-2,5-7H,3-4,8,15H2. The minimum atomic E-state index is 0.770. The maximum Gasteiger partial charge on any atom is 0.225 e. The molecule has 0 spiro atoms. The third kappa shape index (κ3) is 2.18. The maximum absolute atomic E-state index is 5.83. The van der Waals surface area contributed by atoms with E-state index in [1.807, 2.05) is 12.1 Å². The second-order valence-corrected chi connectivity index (χ2v) is 5.32. The minimum absolute atomic E-state index is 0.770. The van der Waals surface area contributed by atoms with Gasteiger partial charge in [-0.1, -0.05) is 6.07 Å². The summed E-state index contributed by atoms with van der Waals surface area (Å²) in [6.07, 6.45) is 4.56. The number of aromatic nitrogens is 2. The number of rotatable bonds is 1. The van der Waals surface area contributed by atoms with E-state index in [-0.39, 0.29) is 0 Å². The van der Waals surface area contributed by atoms with Crippen LogP contribution in [-0.4, -0.2) is 16.5 Å². The molecule has 0 fully saturated rings. The third-order valence-corrected chi connectivity index (χ3v) is 3.54. The van der Waals surface area contributed by atoms with E-state index in [1.165, 1.54) is 11.1 Å². The molecule has 1 aliphatic rings. The lowest BCUT2D eigenvalue weighted by atomic mass is 9.99. The molecule has 0 unspecified atom stereocenters. The van der Waals surface area contributed by atoms with Crippen LogP contribution in [0, 0.1) is 0 Å². The predicted octanol–water partition coefficient (Wildman–Crippen LogP) is 2.38. The van der Waals surface area contributed by atoms with Crippen molar-refractivity contribution in [1.82, 2.24) is 9.97 Å². The molecule has 2 aromatic rings. The Kier molecular flexibility index (Phi) is 2.91. The molecule has 5 heteroatoms.